The third-order valence-electron chi connectivity index (χ3n) is 10.1. The van der Waals surface area contributed by atoms with Crippen LogP contribution in [0.15, 0.2) is 24.3 Å². The topological polar surface area (TPSA) is 68.2 Å². The minimum Gasteiger partial charge on any atom is -0.497 e. The van der Waals surface area contributed by atoms with Gasteiger partial charge in [-0.1, -0.05) is 32.9 Å². The van der Waals surface area contributed by atoms with E-state index < -0.39 is 6.10 Å². The number of methoxy groups -OCH3 is 1. The standard InChI is InChI=1S/C29H43NO5/c1-19-12-15-30(16-13-19)26(32)17-22-23(31)9-10-24-28(22,2)14-11-25-29(24,3)18-34-27(35-25)20-5-7-21(33-4)8-6-20/h5-8,19,22-25,27,31H,9-18H2,1-4H3. The van der Waals surface area contributed by atoms with Gasteiger partial charge in [-0.25, -0.2) is 0 Å². The highest BCUT2D eigenvalue weighted by atomic mass is 16.7. The minimum atomic E-state index is -0.415. The summed E-state index contributed by atoms with van der Waals surface area (Å²) in [7, 11) is 1.67. The molecule has 1 N–H and O–H groups in total. The molecule has 6 nitrogen and oxygen atoms in total. The third kappa shape index (κ3) is 4.51. The molecule has 2 aliphatic heterocycles. The van der Waals surface area contributed by atoms with E-state index in [9.17, 15) is 9.90 Å². The Morgan fingerprint density at radius 3 is 2.49 bits per heavy atom. The molecule has 4 fully saturated rings. The molecule has 0 spiro atoms. The van der Waals surface area contributed by atoms with Gasteiger partial charge in [0.05, 0.1) is 25.9 Å². The van der Waals surface area contributed by atoms with E-state index in [2.05, 4.69) is 20.8 Å². The molecule has 1 amide bonds. The second kappa shape index (κ2) is 9.68. The molecule has 1 aromatic rings. The van der Waals surface area contributed by atoms with Crippen molar-refractivity contribution in [2.75, 3.05) is 26.8 Å². The highest BCUT2D eigenvalue weighted by molar-refractivity contribution is 5.76. The fourth-order valence-electron chi connectivity index (χ4n) is 7.75. The number of amides is 1. The molecule has 6 heteroatoms. The molecule has 4 aliphatic rings. The van der Waals surface area contributed by atoms with Crippen LogP contribution in [0, 0.1) is 28.6 Å². The van der Waals surface area contributed by atoms with Gasteiger partial charge in [0.2, 0.25) is 5.91 Å². The summed E-state index contributed by atoms with van der Waals surface area (Å²) in [5, 5.41) is 11.1. The molecular weight excluding hydrogens is 442 g/mol. The highest BCUT2D eigenvalue weighted by Gasteiger charge is 2.61. The van der Waals surface area contributed by atoms with Crippen molar-refractivity contribution in [2.24, 2.45) is 28.6 Å². The van der Waals surface area contributed by atoms with E-state index in [1.54, 1.807) is 7.11 Å². The number of benzene rings is 1. The predicted octanol–water partition coefficient (Wildman–Crippen LogP) is 4.95. The largest absolute Gasteiger partial charge is 0.497 e. The molecule has 2 aliphatic carbocycles. The Bertz CT molecular complexity index is 897. The summed E-state index contributed by atoms with van der Waals surface area (Å²) in [6, 6.07) is 7.92. The fraction of sp³-hybridized carbons (Fsp3) is 0.759. The maximum absolute atomic E-state index is 13.3. The number of piperidine rings is 1. The summed E-state index contributed by atoms with van der Waals surface area (Å²) >= 11 is 0. The van der Waals surface area contributed by atoms with Crippen molar-refractivity contribution in [3.63, 3.8) is 0 Å². The quantitative estimate of drug-likeness (QED) is 0.654. The van der Waals surface area contributed by atoms with E-state index in [-0.39, 0.29) is 35.0 Å². The lowest BCUT2D eigenvalue weighted by Gasteiger charge is -2.63. The van der Waals surface area contributed by atoms with Crippen LogP contribution in [0.2, 0.25) is 0 Å². The van der Waals surface area contributed by atoms with Crippen molar-refractivity contribution in [3.8, 4) is 5.75 Å². The Morgan fingerprint density at radius 1 is 1.09 bits per heavy atom. The van der Waals surface area contributed by atoms with Crippen LogP contribution in [-0.2, 0) is 14.3 Å². The molecule has 2 heterocycles. The molecular formula is C29H43NO5. The van der Waals surface area contributed by atoms with Crippen molar-refractivity contribution in [1.29, 1.82) is 0 Å². The zero-order valence-electron chi connectivity index (χ0n) is 21.9. The molecule has 7 atom stereocenters. The zero-order chi connectivity index (χ0) is 24.8. The Balaban J connectivity index is 1.31. The van der Waals surface area contributed by atoms with Crippen LogP contribution in [0.5, 0.6) is 5.75 Å². The van der Waals surface area contributed by atoms with Crippen LogP contribution in [0.3, 0.4) is 0 Å². The first kappa shape index (κ1) is 25.0. The number of carbonyl (C=O) groups is 1. The number of nitrogens with zero attached hydrogens (tertiary/aromatic N) is 1. The van der Waals surface area contributed by atoms with E-state index in [4.69, 9.17) is 14.2 Å². The van der Waals surface area contributed by atoms with Crippen LogP contribution >= 0.6 is 0 Å². The van der Waals surface area contributed by atoms with E-state index in [0.29, 0.717) is 24.9 Å². The van der Waals surface area contributed by atoms with Gasteiger partial charge >= 0.3 is 0 Å². The number of hydrogen-bond acceptors (Lipinski definition) is 5. The van der Waals surface area contributed by atoms with Crippen LogP contribution in [0.1, 0.15) is 77.6 Å². The maximum Gasteiger partial charge on any atom is 0.222 e. The van der Waals surface area contributed by atoms with Gasteiger partial charge in [-0.2, -0.15) is 0 Å². The van der Waals surface area contributed by atoms with Gasteiger partial charge in [0.15, 0.2) is 6.29 Å². The monoisotopic (exact) mass is 485 g/mol. The number of ether oxygens (including phenoxy) is 3. The van der Waals surface area contributed by atoms with Crippen molar-refractivity contribution >= 4 is 5.91 Å². The fourth-order valence-corrected chi connectivity index (χ4v) is 7.75. The lowest BCUT2D eigenvalue weighted by atomic mass is 9.46. The highest BCUT2D eigenvalue weighted by Crippen LogP contribution is 2.63. The SMILES string of the molecule is COc1ccc(C2OCC3(C)C(CCC4(C)C(CC(=O)N5CCC(C)CC5)C(O)CCC34)O2)cc1. The van der Waals surface area contributed by atoms with E-state index in [1.807, 2.05) is 29.2 Å². The van der Waals surface area contributed by atoms with Crippen molar-refractivity contribution in [3.05, 3.63) is 29.8 Å². The first-order valence-electron chi connectivity index (χ1n) is 13.6. The molecule has 0 radical (unpaired) electrons. The van der Waals surface area contributed by atoms with Crippen LogP contribution in [0.4, 0.5) is 0 Å². The van der Waals surface area contributed by atoms with Crippen LogP contribution < -0.4 is 4.74 Å². The summed E-state index contributed by atoms with van der Waals surface area (Å²) in [6.07, 6.45) is 5.56. The third-order valence-corrected chi connectivity index (χ3v) is 10.1. The second-order valence-corrected chi connectivity index (χ2v) is 12.2. The molecule has 0 bridgehead atoms. The maximum atomic E-state index is 13.3. The van der Waals surface area contributed by atoms with Gasteiger partial charge in [-0.05, 0) is 73.8 Å². The van der Waals surface area contributed by atoms with Gasteiger partial charge in [0.1, 0.15) is 5.75 Å². The molecule has 2 saturated heterocycles. The zero-order valence-corrected chi connectivity index (χ0v) is 21.9. The smallest absolute Gasteiger partial charge is 0.222 e. The molecule has 0 aromatic heterocycles. The van der Waals surface area contributed by atoms with Crippen molar-refractivity contribution in [1.82, 2.24) is 4.90 Å². The number of hydrogen-bond donors (Lipinski definition) is 1. The normalized spacial score (nSPS) is 40.0. The van der Waals surface area contributed by atoms with Gasteiger partial charge in [-0.15, -0.1) is 0 Å². The van der Waals surface area contributed by atoms with E-state index >= 15 is 0 Å². The number of aliphatic hydroxyl groups is 1. The van der Waals surface area contributed by atoms with Gasteiger partial charge in [0, 0.05) is 30.5 Å². The van der Waals surface area contributed by atoms with Gasteiger partial charge < -0.3 is 24.2 Å². The van der Waals surface area contributed by atoms with Gasteiger partial charge in [0.25, 0.3) is 0 Å². The second-order valence-electron chi connectivity index (χ2n) is 12.2. The summed E-state index contributed by atoms with van der Waals surface area (Å²) in [4.78, 5) is 15.3. The summed E-state index contributed by atoms with van der Waals surface area (Å²) < 4.78 is 18.2. The van der Waals surface area contributed by atoms with Crippen LogP contribution in [-0.4, -0.2) is 54.9 Å². The first-order valence-corrected chi connectivity index (χ1v) is 13.6. The number of likely N-dealkylation sites (tertiary alicyclic amines) is 1. The lowest BCUT2D eigenvalue weighted by molar-refractivity contribution is -0.312. The molecule has 5 rings (SSSR count). The van der Waals surface area contributed by atoms with E-state index in [1.165, 1.54) is 0 Å². The Labute approximate surface area is 210 Å². The number of carbonyl (C=O) groups excluding carboxylic acids is 1. The minimum absolute atomic E-state index is 0.00909. The molecule has 2 saturated carbocycles. The van der Waals surface area contributed by atoms with Crippen LogP contribution in [0.25, 0.3) is 0 Å². The Kier molecular flexibility index (Phi) is 6.92. The molecule has 7 unspecified atom stereocenters. The first-order chi connectivity index (χ1) is 16.7. The van der Waals surface area contributed by atoms with Crippen molar-refractivity contribution < 1.29 is 24.1 Å². The van der Waals surface area contributed by atoms with E-state index in [0.717, 1.165) is 62.9 Å². The summed E-state index contributed by atoms with van der Waals surface area (Å²) in [6.45, 7) is 9.26. The molecule has 35 heavy (non-hydrogen) atoms. The summed E-state index contributed by atoms with van der Waals surface area (Å²) in [5.41, 5.74) is 0.791. The van der Waals surface area contributed by atoms with Crippen molar-refractivity contribution in [2.45, 2.75) is 84.2 Å². The Hall–Kier alpha value is -1.63. The number of aliphatic hydroxyl groups excluding tert-OH is 1. The average molecular weight is 486 g/mol. The average Bonchev–Trinajstić information content (AvgIpc) is 2.86. The number of rotatable bonds is 4. The lowest BCUT2D eigenvalue weighted by Crippen LogP contribution is -2.62. The number of fused-ring (bicyclic) bond motifs is 3. The summed E-state index contributed by atoms with van der Waals surface area (Å²) in [5.74, 6) is 2.09. The Morgan fingerprint density at radius 2 is 1.80 bits per heavy atom. The van der Waals surface area contributed by atoms with Gasteiger partial charge in [-0.3, -0.25) is 4.79 Å². The predicted molar refractivity (Wildman–Crippen MR) is 134 cm³/mol. The molecule has 194 valence electrons. The molecule has 1 aromatic carbocycles.